The quantitative estimate of drug-likeness (QED) is 0.254. The predicted octanol–water partition coefficient (Wildman–Crippen LogP) is 4.70. The molecule has 6 rings (SSSR count). The number of hydrogen-bond acceptors (Lipinski definition) is 9. The molecular weight excluding hydrogens is 587 g/mol. The van der Waals surface area contributed by atoms with Crippen molar-refractivity contribution in [3.05, 3.63) is 66.4 Å². The van der Waals surface area contributed by atoms with Crippen molar-refractivity contribution in [1.29, 1.82) is 0 Å². The number of amides is 1. The average molecular weight is 623 g/mol. The van der Waals surface area contributed by atoms with E-state index in [9.17, 15) is 4.79 Å². The summed E-state index contributed by atoms with van der Waals surface area (Å²) in [4.78, 5) is 23.8. The molecule has 0 saturated carbocycles. The van der Waals surface area contributed by atoms with Crippen LogP contribution in [0.5, 0.6) is 5.75 Å². The van der Waals surface area contributed by atoms with Gasteiger partial charge in [-0.3, -0.25) is 9.48 Å². The molecule has 5 heterocycles. The summed E-state index contributed by atoms with van der Waals surface area (Å²) in [6.45, 7) is 3.05. The fourth-order valence-electron chi connectivity index (χ4n) is 5.81. The lowest BCUT2D eigenvalue weighted by Crippen LogP contribution is -2.43. The van der Waals surface area contributed by atoms with Crippen LogP contribution < -0.4 is 26.4 Å². The number of aromatic nitrogens is 4. The fourth-order valence-corrected chi connectivity index (χ4v) is 5.81. The lowest BCUT2D eigenvalue weighted by atomic mass is 10.0. The highest BCUT2D eigenvalue weighted by molar-refractivity contribution is 6.00. The zero-order valence-electron chi connectivity index (χ0n) is 24.4. The van der Waals surface area contributed by atoms with Crippen molar-refractivity contribution >= 4 is 35.6 Å². The van der Waals surface area contributed by atoms with Gasteiger partial charge in [0.15, 0.2) is 0 Å². The number of primary amides is 1. The number of carbonyl (C=O) groups is 1. The molecule has 0 unspecified atom stereocenters. The Morgan fingerprint density at radius 2 is 1.95 bits per heavy atom. The van der Waals surface area contributed by atoms with Crippen molar-refractivity contribution in [2.75, 3.05) is 43.6 Å². The van der Waals surface area contributed by atoms with Crippen LogP contribution in [0.15, 0.2) is 55.0 Å². The van der Waals surface area contributed by atoms with E-state index in [0.29, 0.717) is 24.2 Å². The smallest absolute Gasteiger partial charge is 0.250 e. The van der Waals surface area contributed by atoms with Crippen LogP contribution >= 0.6 is 12.4 Å². The Bertz CT molecular complexity index is 1630. The molecule has 0 radical (unpaired) electrons. The fraction of sp³-hybridized carbons (Fsp3) is 0.355. The molecule has 0 bridgehead atoms. The number of ether oxygens (including phenoxy) is 2. The lowest BCUT2D eigenvalue weighted by Gasteiger charge is -2.34. The number of nitrogens with zero attached hydrogens (tertiary/aromatic N) is 5. The Hall–Kier alpha value is -4.26. The van der Waals surface area contributed by atoms with E-state index in [1.54, 1.807) is 12.1 Å². The van der Waals surface area contributed by atoms with Crippen LogP contribution in [0.25, 0.3) is 22.4 Å². The van der Waals surface area contributed by atoms with E-state index >= 15 is 4.39 Å². The number of rotatable bonds is 8. The Morgan fingerprint density at radius 3 is 2.70 bits per heavy atom. The van der Waals surface area contributed by atoms with E-state index in [2.05, 4.69) is 26.5 Å². The minimum atomic E-state index is -0.730. The van der Waals surface area contributed by atoms with Crippen LogP contribution in [0.2, 0.25) is 0 Å². The maximum absolute atomic E-state index is 15.0. The largest absolute Gasteiger partial charge is 0.496 e. The van der Waals surface area contributed by atoms with Gasteiger partial charge >= 0.3 is 0 Å². The van der Waals surface area contributed by atoms with Gasteiger partial charge < -0.3 is 31.2 Å². The number of pyridine rings is 2. The van der Waals surface area contributed by atoms with E-state index in [0.717, 1.165) is 62.3 Å². The molecule has 11 nitrogen and oxygen atoms in total. The molecule has 4 aromatic rings. The third-order valence-corrected chi connectivity index (χ3v) is 8.01. The van der Waals surface area contributed by atoms with Crippen molar-refractivity contribution in [2.24, 2.45) is 11.5 Å². The minimum Gasteiger partial charge on any atom is -0.496 e. The number of benzene rings is 1. The molecule has 5 N–H and O–H groups in total. The highest BCUT2D eigenvalue weighted by Crippen LogP contribution is 2.37. The second kappa shape index (κ2) is 13.6. The number of carbonyl (C=O) groups excluding carboxylic acids is 1. The number of anilines is 3. The topological polar surface area (TPSA) is 146 Å². The van der Waals surface area contributed by atoms with Gasteiger partial charge in [0.25, 0.3) is 5.91 Å². The zero-order chi connectivity index (χ0) is 29.9. The second-order valence-electron chi connectivity index (χ2n) is 10.9. The van der Waals surface area contributed by atoms with Crippen molar-refractivity contribution in [3.63, 3.8) is 0 Å². The van der Waals surface area contributed by atoms with Gasteiger partial charge in [0.1, 0.15) is 23.2 Å². The average Bonchev–Trinajstić information content (AvgIpc) is 3.51. The molecular formula is C31H36ClFN8O3. The maximum atomic E-state index is 15.0. The number of nitrogens with two attached hydrogens (primary N) is 2. The molecule has 0 spiro atoms. The van der Waals surface area contributed by atoms with Gasteiger partial charge in [-0.15, -0.1) is 12.4 Å². The van der Waals surface area contributed by atoms with E-state index < -0.39 is 11.7 Å². The van der Waals surface area contributed by atoms with Gasteiger partial charge in [-0.25, -0.2) is 14.4 Å². The minimum absolute atomic E-state index is 0. The first-order valence-corrected chi connectivity index (χ1v) is 14.4. The molecule has 232 valence electrons. The maximum Gasteiger partial charge on any atom is 0.250 e. The lowest BCUT2D eigenvalue weighted by molar-refractivity contribution is 0.0662. The normalized spacial score (nSPS) is 17.2. The van der Waals surface area contributed by atoms with Crippen LogP contribution in [-0.2, 0) is 4.74 Å². The van der Waals surface area contributed by atoms with Gasteiger partial charge in [-0.05, 0) is 49.9 Å². The molecule has 13 heteroatoms. The number of nitrogens with one attached hydrogen (secondary N) is 1. The molecule has 2 aliphatic rings. The predicted molar refractivity (Wildman–Crippen MR) is 169 cm³/mol. The van der Waals surface area contributed by atoms with Crippen molar-refractivity contribution < 1.29 is 18.7 Å². The van der Waals surface area contributed by atoms with Gasteiger partial charge in [0, 0.05) is 67.6 Å². The van der Waals surface area contributed by atoms with Gasteiger partial charge in [0.2, 0.25) is 0 Å². The second-order valence-corrected chi connectivity index (χ2v) is 10.9. The van der Waals surface area contributed by atoms with E-state index in [1.807, 2.05) is 23.1 Å². The first-order chi connectivity index (χ1) is 20.9. The number of piperidine rings is 1. The highest BCUT2D eigenvalue weighted by Gasteiger charge is 2.24. The summed E-state index contributed by atoms with van der Waals surface area (Å²) in [5.74, 6) is -0.190. The molecule has 44 heavy (non-hydrogen) atoms. The Balaban J connectivity index is 0.00000384. The first-order valence-electron chi connectivity index (χ1n) is 14.4. The molecule has 0 aliphatic carbocycles. The van der Waals surface area contributed by atoms with Gasteiger partial charge in [-0.1, -0.05) is 6.07 Å². The van der Waals surface area contributed by atoms with Crippen molar-refractivity contribution in [1.82, 2.24) is 19.7 Å². The third kappa shape index (κ3) is 6.47. The van der Waals surface area contributed by atoms with Crippen LogP contribution in [-0.4, -0.2) is 65.1 Å². The summed E-state index contributed by atoms with van der Waals surface area (Å²) in [5, 5.41) is 7.91. The Kier molecular flexibility index (Phi) is 9.62. The molecule has 1 amide bonds. The van der Waals surface area contributed by atoms with E-state index in [1.165, 1.54) is 25.3 Å². The van der Waals surface area contributed by atoms with Crippen LogP contribution in [0, 0.1) is 5.82 Å². The molecule has 2 aliphatic heterocycles. The van der Waals surface area contributed by atoms with E-state index in [4.69, 9.17) is 25.9 Å². The summed E-state index contributed by atoms with van der Waals surface area (Å²) < 4.78 is 27.9. The number of halogens is 2. The van der Waals surface area contributed by atoms with Crippen molar-refractivity contribution in [2.45, 2.75) is 37.8 Å². The van der Waals surface area contributed by atoms with Gasteiger partial charge in [0.05, 0.1) is 36.2 Å². The van der Waals surface area contributed by atoms with E-state index in [-0.39, 0.29) is 41.0 Å². The van der Waals surface area contributed by atoms with Crippen LogP contribution in [0.4, 0.5) is 21.7 Å². The third-order valence-electron chi connectivity index (χ3n) is 8.01. The van der Waals surface area contributed by atoms with Crippen LogP contribution in [0.3, 0.4) is 0 Å². The van der Waals surface area contributed by atoms with Gasteiger partial charge in [-0.2, -0.15) is 5.10 Å². The standard InChI is InChI=1S/C31H35FN8O3.ClH/c1-42-26-6-2-5-24(32)29(26)30-22(31(34)41)7-8-27(38-30)37-28-14-25(39-11-3-4-20(33)18-39)23(16-35-28)19-15-36-40(17-19)21-9-12-43-13-10-21;/h2,5-8,14-17,20-21H,3-4,9-13,18,33H2,1H3,(H2,34,41)(H,35,37,38);1H/t20-;/m0./s1. The Labute approximate surface area is 261 Å². The molecule has 3 aromatic heterocycles. The monoisotopic (exact) mass is 622 g/mol. The summed E-state index contributed by atoms with van der Waals surface area (Å²) in [6, 6.07) is 9.87. The Morgan fingerprint density at radius 1 is 1.14 bits per heavy atom. The summed E-state index contributed by atoms with van der Waals surface area (Å²) in [5.41, 5.74) is 15.1. The molecule has 2 saturated heterocycles. The van der Waals surface area contributed by atoms with Crippen molar-refractivity contribution in [3.8, 4) is 28.1 Å². The number of methoxy groups -OCH3 is 1. The molecule has 1 atom stereocenters. The number of hydrogen-bond donors (Lipinski definition) is 3. The highest BCUT2D eigenvalue weighted by atomic mass is 35.5. The molecule has 2 fully saturated rings. The summed E-state index contributed by atoms with van der Waals surface area (Å²) in [6.07, 6.45) is 9.59. The molecule has 1 aromatic carbocycles. The first kappa shape index (κ1) is 31.2. The van der Waals surface area contributed by atoms with Crippen LogP contribution in [0.1, 0.15) is 42.1 Å². The zero-order valence-corrected chi connectivity index (χ0v) is 25.2. The summed E-state index contributed by atoms with van der Waals surface area (Å²) >= 11 is 0. The summed E-state index contributed by atoms with van der Waals surface area (Å²) in [7, 11) is 1.43. The SMILES string of the molecule is COc1cccc(F)c1-c1nc(Nc2cc(N3CCC[C@H](N)C3)c(-c3cnn(C4CCOCC4)c3)cn2)ccc1C(N)=O.Cl.